The Balaban J connectivity index is 1.90. The topological polar surface area (TPSA) is 15.3 Å². The van der Waals surface area contributed by atoms with Gasteiger partial charge in [-0.2, -0.15) is 0 Å². The number of thiocarbonyl (C=S) groups is 1. The van der Waals surface area contributed by atoms with Crippen LogP contribution < -0.4 is 5.32 Å². The molecule has 1 rings (SSSR count). The highest BCUT2D eigenvalue weighted by Gasteiger charge is 2.14. The number of unbranched alkanes of at least 4 members (excludes halogenated alkanes) is 5. The maximum atomic E-state index is 5.17. The first kappa shape index (κ1) is 11.8. The van der Waals surface area contributed by atoms with Gasteiger partial charge in [0, 0.05) is 19.6 Å². The van der Waals surface area contributed by atoms with Gasteiger partial charge in [-0.3, -0.25) is 0 Å². The summed E-state index contributed by atoms with van der Waals surface area (Å²) in [4.78, 5) is 2.29. The van der Waals surface area contributed by atoms with E-state index in [2.05, 4.69) is 17.1 Å². The molecule has 1 aliphatic heterocycles. The minimum absolute atomic E-state index is 0.957. The van der Waals surface area contributed by atoms with E-state index in [4.69, 9.17) is 12.2 Å². The first-order chi connectivity index (χ1) is 6.84. The van der Waals surface area contributed by atoms with Crippen LogP contribution >= 0.6 is 12.2 Å². The Hall–Kier alpha value is -0.310. The van der Waals surface area contributed by atoms with Crippen molar-refractivity contribution in [3.63, 3.8) is 0 Å². The Labute approximate surface area is 93.1 Å². The summed E-state index contributed by atoms with van der Waals surface area (Å²) in [5.41, 5.74) is 0. The molecule has 0 radical (unpaired) electrons. The van der Waals surface area contributed by atoms with Gasteiger partial charge in [0.15, 0.2) is 5.11 Å². The van der Waals surface area contributed by atoms with E-state index in [1.807, 2.05) is 0 Å². The van der Waals surface area contributed by atoms with Gasteiger partial charge in [-0.25, -0.2) is 0 Å². The second kappa shape index (κ2) is 7.04. The van der Waals surface area contributed by atoms with Gasteiger partial charge in [-0.05, 0) is 18.6 Å². The highest BCUT2D eigenvalue weighted by molar-refractivity contribution is 7.80. The van der Waals surface area contributed by atoms with Crippen molar-refractivity contribution in [1.82, 2.24) is 10.2 Å². The van der Waals surface area contributed by atoms with Gasteiger partial charge in [-0.1, -0.05) is 39.0 Å². The van der Waals surface area contributed by atoms with Gasteiger partial charge in [-0.15, -0.1) is 0 Å². The van der Waals surface area contributed by atoms with E-state index in [9.17, 15) is 0 Å². The predicted octanol–water partition coefficient (Wildman–Crippen LogP) is 2.54. The van der Waals surface area contributed by atoms with Gasteiger partial charge in [0.2, 0.25) is 0 Å². The summed E-state index contributed by atoms with van der Waals surface area (Å²) >= 11 is 5.17. The minimum Gasteiger partial charge on any atom is -0.361 e. The van der Waals surface area contributed by atoms with Crippen LogP contribution in [0.5, 0.6) is 0 Å². The molecule has 0 aromatic heterocycles. The van der Waals surface area contributed by atoms with Crippen LogP contribution in [0.1, 0.15) is 45.4 Å². The SMILES string of the molecule is CCCCCCCCN1CCNC1=S. The molecular weight excluding hydrogens is 192 g/mol. The fourth-order valence-electron chi connectivity index (χ4n) is 1.81. The highest BCUT2D eigenvalue weighted by atomic mass is 32.1. The number of hydrogen-bond donors (Lipinski definition) is 1. The van der Waals surface area contributed by atoms with Crippen molar-refractivity contribution in [2.45, 2.75) is 45.4 Å². The zero-order chi connectivity index (χ0) is 10.2. The van der Waals surface area contributed by atoms with E-state index < -0.39 is 0 Å². The molecule has 0 atom stereocenters. The molecule has 0 aliphatic carbocycles. The summed E-state index contributed by atoms with van der Waals surface area (Å²) in [6.45, 7) is 5.55. The van der Waals surface area contributed by atoms with Gasteiger partial charge in [0.1, 0.15) is 0 Å². The third kappa shape index (κ3) is 4.27. The molecule has 1 aliphatic rings. The van der Waals surface area contributed by atoms with Crippen LogP contribution in [0.4, 0.5) is 0 Å². The quantitative estimate of drug-likeness (QED) is 0.518. The first-order valence-electron chi connectivity index (χ1n) is 5.87. The highest BCUT2D eigenvalue weighted by Crippen LogP contribution is 2.07. The molecule has 0 saturated carbocycles. The predicted molar refractivity (Wildman–Crippen MR) is 65.5 cm³/mol. The van der Waals surface area contributed by atoms with Crippen molar-refractivity contribution >= 4 is 17.3 Å². The summed E-state index contributed by atoms with van der Waals surface area (Å²) in [6, 6.07) is 0. The minimum atomic E-state index is 0.957. The van der Waals surface area contributed by atoms with Crippen LogP contribution in [0, 0.1) is 0 Å². The molecule has 3 heteroatoms. The van der Waals surface area contributed by atoms with Gasteiger partial charge >= 0.3 is 0 Å². The van der Waals surface area contributed by atoms with Crippen LogP contribution in [0.2, 0.25) is 0 Å². The normalized spacial score (nSPS) is 16.1. The molecule has 1 saturated heterocycles. The Morgan fingerprint density at radius 1 is 1.21 bits per heavy atom. The Morgan fingerprint density at radius 2 is 1.93 bits per heavy atom. The van der Waals surface area contributed by atoms with Crippen molar-refractivity contribution in [3.05, 3.63) is 0 Å². The van der Waals surface area contributed by atoms with Crippen LogP contribution in [0.15, 0.2) is 0 Å². The molecule has 0 spiro atoms. The van der Waals surface area contributed by atoms with Crippen LogP contribution in [-0.2, 0) is 0 Å². The van der Waals surface area contributed by atoms with Crippen LogP contribution in [0.3, 0.4) is 0 Å². The van der Waals surface area contributed by atoms with Gasteiger partial charge in [0.25, 0.3) is 0 Å². The lowest BCUT2D eigenvalue weighted by Gasteiger charge is -2.15. The van der Waals surface area contributed by atoms with E-state index in [0.717, 1.165) is 24.7 Å². The number of nitrogens with zero attached hydrogens (tertiary/aromatic N) is 1. The standard InChI is InChI=1S/C11H22N2S/c1-2-3-4-5-6-7-9-13-10-8-12-11(13)14/h2-10H2,1H3,(H,12,14). The number of nitrogens with one attached hydrogen (secondary N) is 1. The van der Waals surface area contributed by atoms with Gasteiger partial charge < -0.3 is 10.2 Å². The largest absolute Gasteiger partial charge is 0.361 e. The molecule has 82 valence electrons. The zero-order valence-corrected chi connectivity index (χ0v) is 10.0. The third-order valence-electron chi connectivity index (χ3n) is 2.73. The number of rotatable bonds is 7. The third-order valence-corrected chi connectivity index (χ3v) is 3.13. The molecular formula is C11H22N2S. The smallest absolute Gasteiger partial charge is 0.169 e. The lowest BCUT2D eigenvalue weighted by molar-refractivity contribution is 0.440. The lowest BCUT2D eigenvalue weighted by Crippen LogP contribution is -2.28. The second-order valence-electron chi connectivity index (χ2n) is 3.99. The fourth-order valence-corrected chi connectivity index (χ4v) is 2.09. The molecule has 0 unspecified atom stereocenters. The number of hydrogen-bond acceptors (Lipinski definition) is 1. The van der Waals surface area contributed by atoms with E-state index in [-0.39, 0.29) is 0 Å². The van der Waals surface area contributed by atoms with E-state index in [0.29, 0.717) is 0 Å². The van der Waals surface area contributed by atoms with Crippen molar-refractivity contribution in [3.8, 4) is 0 Å². The first-order valence-corrected chi connectivity index (χ1v) is 6.28. The van der Waals surface area contributed by atoms with Crippen LogP contribution in [0.25, 0.3) is 0 Å². The Morgan fingerprint density at radius 3 is 2.57 bits per heavy atom. The van der Waals surface area contributed by atoms with Crippen LogP contribution in [-0.4, -0.2) is 29.6 Å². The summed E-state index contributed by atoms with van der Waals surface area (Å²) in [7, 11) is 0. The molecule has 0 aromatic rings. The Kier molecular flexibility index (Phi) is 5.92. The molecule has 1 fully saturated rings. The van der Waals surface area contributed by atoms with Gasteiger partial charge in [0.05, 0.1) is 0 Å². The van der Waals surface area contributed by atoms with Crippen molar-refractivity contribution < 1.29 is 0 Å². The average molecular weight is 214 g/mol. The lowest BCUT2D eigenvalue weighted by atomic mass is 10.1. The zero-order valence-electron chi connectivity index (χ0n) is 9.22. The molecule has 1 N–H and O–H groups in total. The summed E-state index contributed by atoms with van der Waals surface area (Å²) < 4.78 is 0. The summed E-state index contributed by atoms with van der Waals surface area (Å²) in [5, 5.41) is 4.15. The van der Waals surface area contributed by atoms with E-state index in [1.165, 1.54) is 38.5 Å². The molecule has 14 heavy (non-hydrogen) atoms. The molecule has 0 aromatic carbocycles. The Bertz CT molecular complexity index is 171. The monoisotopic (exact) mass is 214 g/mol. The average Bonchev–Trinajstić information content (AvgIpc) is 2.58. The van der Waals surface area contributed by atoms with Crippen molar-refractivity contribution in [2.24, 2.45) is 0 Å². The fraction of sp³-hybridized carbons (Fsp3) is 0.909. The molecule has 2 nitrogen and oxygen atoms in total. The van der Waals surface area contributed by atoms with E-state index >= 15 is 0 Å². The van der Waals surface area contributed by atoms with Crippen molar-refractivity contribution in [2.75, 3.05) is 19.6 Å². The van der Waals surface area contributed by atoms with Crippen molar-refractivity contribution in [1.29, 1.82) is 0 Å². The molecule has 0 bridgehead atoms. The maximum Gasteiger partial charge on any atom is 0.169 e. The summed E-state index contributed by atoms with van der Waals surface area (Å²) in [5.74, 6) is 0. The van der Waals surface area contributed by atoms with E-state index in [1.54, 1.807) is 0 Å². The molecule has 0 amide bonds. The summed E-state index contributed by atoms with van der Waals surface area (Å²) in [6.07, 6.45) is 8.18. The molecule has 1 heterocycles. The maximum absolute atomic E-state index is 5.17. The second-order valence-corrected chi connectivity index (χ2v) is 4.37.